The summed E-state index contributed by atoms with van der Waals surface area (Å²) in [5.74, 6) is 2.29. The third-order valence-electron chi connectivity index (χ3n) is 24.6. The van der Waals surface area contributed by atoms with Crippen LogP contribution in [0.25, 0.3) is 0 Å². The van der Waals surface area contributed by atoms with Gasteiger partial charge in [-0.05, 0) is 215 Å². The zero-order valence-corrected chi connectivity index (χ0v) is 82.7. The number of carbonyl (C=O) groups is 6. The first-order valence-corrected chi connectivity index (χ1v) is 46.6. The minimum Gasteiger partial charge on any atom is -1.00 e. The molecule has 711 valence electrons. The molecule has 3 radical (unpaired) electrons. The van der Waals surface area contributed by atoms with Gasteiger partial charge in [0.05, 0.1) is 136 Å². The molecule has 6 amide bonds. The Morgan fingerprint density at radius 3 is 1.10 bits per heavy atom. The van der Waals surface area contributed by atoms with Gasteiger partial charge in [0, 0.05) is 124 Å². The van der Waals surface area contributed by atoms with E-state index in [0.717, 1.165) is 92.1 Å². The third kappa shape index (κ3) is 22.3. The van der Waals surface area contributed by atoms with Gasteiger partial charge in [0.1, 0.15) is 49.1 Å². The van der Waals surface area contributed by atoms with Crippen LogP contribution < -0.4 is 92.7 Å². The van der Waals surface area contributed by atoms with Crippen LogP contribution in [0.4, 0.5) is 66.5 Å². The molecule has 8 heterocycles. The van der Waals surface area contributed by atoms with E-state index in [-0.39, 0.29) is 140 Å². The molecule has 8 aliphatic rings. The number of amides is 6. The van der Waals surface area contributed by atoms with E-state index in [2.05, 4.69) is 30.4 Å². The maximum Gasteiger partial charge on any atom is 1.00 e. The van der Waals surface area contributed by atoms with Crippen molar-refractivity contribution in [1.82, 2.24) is 0 Å². The molecule has 30 heteroatoms. The summed E-state index contributed by atoms with van der Waals surface area (Å²) in [6.07, 6.45) is 9.10. The van der Waals surface area contributed by atoms with Crippen molar-refractivity contribution >= 4 is 120 Å². The predicted molar refractivity (Wildman–Crippen MR) is 532 cm³/mol. The molecular formula is C108H117BN10NaO18. The summed E-state index contributed by atoms with van der Waals surface area (Å²) in [6.45, 7) is 23.6. The first-order chi connectivity index (χ1) is 65.8. The quantitative estimate of drug-likeness (QED) is 0.0303. The van der Waals surface area contributed by atoms with Gasteiger partial charge >= 0.3 is 41.7 Å². The molecule has 0 bridgehead atoms. The number of aliphatic imine (C=N–C) groups is 3. The molecular weight excluding hydrogens is 1760 g/mol. The molecule has 0 saturated carbocycles. The Kier molecular flexibility index (Phi) is 31.7. The first kappa shape index (κ1) is 99.6. The van der Waals surface area contributed by atoms with Gasteiger partial charge < -0.3 is 68.5 Å². The fourth-order valence-corrected chi connectivity index (χ4v) is 18.3. The molecule has 18 rings (SSSR count). The van der Waals surface area contributed by atoms with Gasteiger partial charge in [-0.25, -0.2) is 9.59 Å². The second-order valence-corrected chi connectivity index (χ2v) is 36.8. The zero-order valence-electron chi connectivity index (χ0n) is 81.7. The summed E-state index contributed by atoms with van der Waals surface area (Å²) in [5.41, 5.74) is 16.3. The summed E-state index contributed by atoms with van der Waals surface area (Å²) in [7, 11) is 3.09. The molecule has 0 unspecified atom stereocenters. The number of ether oxygens (including phenoxy) is 12. The van der Waals surface area contributed by atoms with E-state index in [0.29, 0.717) is 162 Å². The monoisotopic (exact) mass is 1880 g/mol. The molecule has 0 aromatic heterocycles. The maximum atomic E-state index is 14.1. The van der Waals surface area contributed by atoms with E-state index in [1.165, 1.54) is 7.11 Å². The number of para-hydroxylation sites is 4. The first-order valence-electron chi connectivity index (χ1n) is 46.6. The van der Waals surface area contributed by atoms with E-state index in [1.54, 1.807) is 40.0 Å². The van der Waals surface area contributed by atoms with E-state index in [9.17, 15) is 28.8 Å². The van der Waals surface area contributed by atoms with E-state index >= 15 is 0 Å². The molecule has 0 spiro atoms. The van der Waals surface area contributed by atoms with Crippen molar-refractivity contribution in [3.63, 3.8) is 0 Å². The molecule has 138 heavy (non-hydrogen) atoms. The largest absolute Gasteiger partial charge is 1.00 e. The summed E-state index contributed by atoms with van der Waals surface area (Å²) in [4.78, 5) is 109. The topological polar surface area (TPSA) is 282 Å². The van der Waals surface area contributed by atoms with Crippen molar-refractivity contribution < 1.29 is 117 Å². The van der Waals surface area contributed by atoms with Crippen molar-refractivity contribution in [2.45, 2.75) is 170 Å². The molecule has 10 aromatic rings. The Balaban J connectivity index is 0.000000217. The summed E-state index contributed by atoms with van der Waals surface area (Å²) in [6, 6.07) is 57.1. The normalized spacial score (nSPS) is 16.3. The second kappa shape index (κ2) is 43.9. The van der Waals surface area contributed by atoms with Crippen molar-refractivity contribution in [3.05, 3.63) is 260 Å². The van der Waals surface area contributed by atoms with Gasteiger partial charge in [-0.1, -0.05) is 86.6 Å². The predicted octanol–water partition coefficient (Wildman–Crippen LogP) is 16.3. The Morgan fingerprint density at radius 2 is 0.725 bits per heavy atom. The van der Waals surface area contributed by atoms with Crippen molar-refractivity contribution in [2.75, 3.05) is 121 Å². The molecule has 28 nitrogen and oxygen atoms in total. The number of anilines is 7. The number of aryl methyl sites for hydroxylation is 2. The van der Waals surface area contributed by atoms with Gasteiger partial charge in [0.2, 0.25) is 0 Å². The third-order valence-corrected chi connectivity index (χ3v) is 24.6. The standard InChI is InChI=1S/C54H59N5O9.C54H57N5O9.B.Na.H/c2*1-7-17-64-19-20-65-18-16-57(53(62)68-54(3,4)5)39-23-35(32-66-48-28-44-42(21-34(48)2)51(60)58-40(30-55-44)25-37-12-8-10-14-46(37)58)22-36(24-39)33-67-50-29-45-43(27-49(50)63-6)52(61)59-41(31-56-45)26-38-13-9-11-15-47(38)59;;;/h8-15,21-24,27-30,40-41,56H,7,16-20,25-26,31-33H2,1-6H3;8-15,21-24,27-31,40-41H,7,16-20,25-26,32-33H2,1-6H3;;;/q;;;+1;-1/t2*40-,41-;;;/m00.../s1. The summed E-state index contributed by atoms with van der Waals surface area (Å²) < 4.78 is 72.7. The number of carbonyl (C=O) groups excluding carboxylic acids is 6. The molecule has 0 aliphatic carbocycles. The fraction of sp³-hybridized carbons (Fsp3) is 0.361. The molecule has 10 aromatic carbocycles. The Labute approximate surface area is 831 Å². The Morgan fingerprint density at radius 1 is 0.399 bits per heavy atom. The average molecular weight is 1880 g/mol. The average Bonchev–Trinajstić information content (AvgIpc) is 1.62. The minimum absolute atomic E-state index is 0. The maximum absolute atomic E-state index is 14.1. The zero-order chi connectivity index (χ0) is 95.1. The summed E-state index contributed by atoms with van der Waals surface area (Å²) >= 11 is 0. The van der Waals surface area contributed by atoms with E-state index in [4.69, 9.17) is 71.8 Å². The van der Waals surface area contributed by atoms with Gasteiger partial charge in [0.25, 0.3) is 23.6 Å². The number of fused-ring (bicyclic) bond motifs is 16. The van der Waals surface area contributed by atoms with Crippen LogP contribution in [0.1, 0.15) is 167 Å². The van der Waals surface area contributed by atoms with Crippen LogP contribution in [0.5, 0.6) is 34.5 Å². The van der Waals surface area contributed by atoms with Crippen LogP contribution in [-0.4, -0.2) is 185 Å². The number of nitrogens with one attached hydrogen (secondary N) is 1. The second-order valence-electron chi connectivity index (χ2n) is 36.8. The fourth-order valence-electron chi connectivity index (χ4n) is 18.3. The Bertz CT molecular complexity index is 6320. The van der Waals surface area contributed by atoms with E-state index in [1.807, 2.05) is 241 Å². The SMILES string of the molecule is CCCOCCOCCN(C(=O)OC(C)(C)C)c1cc(COc2cc3c(cc2C)C(=O)N2c4ccccc4C[C@H]2C=N3)cc(COc2cc3c(cc2OC)C(=O)N2c4ccccc4C[C@H]2C=N3)c1.CCCOCCOCCN(C(=O)OC(C)(C)C)c1cc(COc2cc3c(cc2C)C(=O)N2c4ccccc4C[C@H]2C=N3)cc(COc2cc3c(cc2OC)C(=O)N2c4ccccc4C[C@H]2CN3)c1.[B].[H-].[Na+]. The van der Waals surface area contributed by atoms with Crippen LogP contribution in [0.3, 0.4) is 0 Å². The van der Waals surface area contributed by atoms with Gasteiger partial charge in [0.15, 0.2) is 23.0 Å². The van der Waals surface area contributed by atoms with Crippen LogP contribution in [-0.2, 0) is 80.5 Å². The van der Waals surface area contributed by atoms with Crippen LogP contribution in [0, 0.1) is 13.8 Å². The van der Waals surface area contributed by atoms with Crippen molar-refractivity contribution in [1.29, 1.82) is 0 Å². The molecule has 0 saturated heterocycles. The smallest absolute Gasteiger partial charge is 1.00 e. The van der Waals surface area contributed by atoms with Gasteiger partial charge in [-0.3, -0.25) is 58.7 Å². The van der Waals surface area contributed by atoms with Gasteiger partial charge in [-0.15, -0.1) is 0 Å². The minimum atomic E-state index is -0.770. The molecule has 4 atom stereocenters. The molecule has 0 fully saturated rings. The number of benzene rings is 10. The van der Waals surface area contributed by atoms with E-state index < -0.39 is 23.4 Å². The number of methoxy groups -OCH3 is 2. The van der Waals surface area contributed by atoms with Gasteiger partial charge in [-0.2, -0.15) is 0 Å². The number of hydrogen-bond donors (Lipinski definition) is 1. The van der Waals surface area contributed by atoms with Crippen LogP contribution in [0.15, 0.2) is 197 Å². The Hall–Kier alpha value is -12.9. The molecule has 8 aliphatic heterocycles. The number of nitrogens with zero attached hydrogens (tertiary/aromatic N) is 9. The van der Waals surface area contributed by atoms with Crippen LogP contribution >= 0.6 is 0 Å². The molecule has 1 N–H and O–H groups in total. The number of rotatable bonds is 32. The van der Waals surface area contributed by atoms with Crippen LogP contribution in [0.2, 0.25) is 0 Å². The van der Waals surface area contributed by atoms with Crippen molar-refractivity contribution in [3.8, 4) is 34.5 Å². The van der Waals surface area contributed by atoms with Crippen molar-refractivity contribution in [2.24, 2.45) is 15.0 Å². The number of hydrogen-bond acceptors (Lipinski definition) is 22. The summed E-state index contributed by atoms with van der Waals surface area (Å²) in [5, 5.41) is 3.51.